The molecule has 5 aromatic carbocycles. The van der Waals surface area contributed by atoms with Crippen LogP contribution >= 0.6 is 0 Å². The summed E-state index contributed by atoms with van der Waals surface area (Å²) in [4.78, 5) is 4.44. The molecule has 1 heterocycles. The van der Waals surface area contributed by atoms with Crippen molar-refractivity contribution in [2.45, 2.75) is 44.2 Å². The van der Waals surface area contributed by atoms with Crippen molar-refractivity contribution in [3.8, 4) is 0 Å². The lowest BCUT2D eigenvalue weighted by atomic mass is 9.92. The van der Waals surface area contributed by atoms with E-state index in [0.717, 1.165) is 0 Å². The zero-order chi connectivity index (χ0) is 31.9. The Kier molecular flexibility index (Phi) is 12.2. The van der Waals surface area contributed by atoms with Crippen molar-refractivity contribution in [1.82, 2.24) is 9.55 Å². The first-order valence-corrected chi connectivity index (χ1v) is 18.1. The molecule has 0 atom stereocenters. The summed E-state index contributed by atoms with van der Waals surface area (Å²) in [5.74, 6) is 2.16. The number of aryl methyl sites for hydroxylation is 1. The van der Waals surface area contributed by atoms with Crippen molar-refractivity contribution in [3.63, 3.8) is 0 Å². The van der Waals surface area contributed by atoms with Crippen LogP contribution in [0.15, 0.2) is 170 Å². The molecule has 1 aromatic heterocycles. The summed E-state index contributed by atoms with van der Waals surface area (Å²) >= 11 is 0. The Bertz CT molecular complexity index is 1650. The number of nitrogens with zero attached hydrogens (tertiary/aromatic N) is 2. The molecule has 46 heavy (non-hydrogen) atoms. The highest BCUT2D eigenvalue weighted by molar-refractivity contribution is 6.57. The van der Waals surface area contributed by atoms with E-state index >= 15 is 0 Å². The number of hydrogen-bond acceptors (Lipinski definition) is 1. The molecule has 0 spiro atoms. The van der Waals surface area contributed by atoms with E-state index in [1.807, 2.05) is 24.7 Å². The standard InChI is InChI=1S/C28H32N2Si.C14H13B/c1-2-3-4-7-13-24-14-12-19-27(22-24)31-28(30-21-20-29-23-30,25-15-8-5-9-16-25)26-17-10-6-11-18-26;15-11-14(12-7-3-1-4-8-12)13-9-5-2-6-10-13/h5-6,8-12,14-23H,2-4,7,13,31H2,1H3;1-11H,15H2. The number of hydrogen-bond donors (Lipinski definition) is 0. The van der Waals surface area contributed by atoms with Gasteiger partial charge in [-0.1, -0.05) is 177 Å². The van der Waals surface area contributed by atoms with Gasteiger partial charge in [0.1, 0.15) is 7.85 Å². The van der Waals surface area contributed by atoms with Gasteiger partial charge in [0.15, 0.2) is 0 Å². The highest BCUT2D eigenvalue weighted by Gasteiger charge is 2.36. The van der Waals surface area contributed by atoms with Gasteiger partial charge in [0.05, 0.1) is 21.0 Å². The van der Waals surface area contributed by atoms with Crippen molar-refractivity contribution in [2.75, 3.05) is 0 Å². The molecule has 230 valence electrons. The minimum Gasteiger partial charge on any atom is -0.326 e. The van der Waals surface area contributed by atoms with Crippen LogP contribution in [0.4, 0.5) is 0 Å². The average Bonchev–Trinajstić information content (AvgIpc) is 3.67. The maximum atomic E-state index is 4.44. The summed E-state index contributed by atoms with van der Waals surface area (Å²) < 4.78 is 2.33. The highest BCUT2D eigenvalue weighted by Crippen LogP contribution is 2.33. The van der Waals surface area contributed by atoms with Crippen LogP contribution in [0.1, 0.15) is 60.4 Å². The van der Waals surface area contributed by atoms with Gasteiger partial charge in [-0.05, 0) is 46.2 Å². The Balaban J connectivity index is 0.000000232. The Hall–Kier alpha value is -4.67. The normalized spacial score (nSPS) is 11.2. The van der Waals surface area contributed by atoms with E-state index in [-0.39, 0.29) is 5.16 Å². The van der Waals surface area contributed by atoms with E-state index in [2.05, 4.69) is 170 Å². The number of aromatic nitrogens is 2. The highest BCUT2D eigenvalue weighted by atomic mass is 28.2. The zero-order valence-electron chi connectivity index (χ0n) is 27.3. The Morgan fingerprint density at radius 3 is 1.76 bits per heavy atom. The van der Waals surface area contributed by atoms with Gasteiger partial charge in [-0.2, -0.15) is 0 Å². The van der Waals surface area contributed by atoms with Crippen molar-refractivity contribution < 1.29 is 0 Å². The van der Waals surface area contributed by atoms with Crippen LogP contribution in [0, 0.1) is 0 Å². The number of imidazole rings is 1. The first-order chi connectivity index (χ1) is 22.7. The second kappa shape index (κ2) is 17.1. The molecule has 0 N–H and O–H groups in total. The van der Waals surface area contributed by atoms with E-state index in [1.165, 1.54) is 70.7 Å². The van der Waals surface area contributed by atoms with Gasteiger partial charge in [-0.3, -0.25) is 0 Å². The molecule has 0 unspecified atom stereocenters. The SMILES string of the molecule is BC=C(c1ccccc1)c1ccccc1.CCCCCCc1cccc([SiH2]C(c2ccccc2)(c2ccccc2)n2ccnc2)c1. The average molecular weight is 617 g/mol. The van der Waals surface area contributed by atoms with E-state index in [0.29, 0.717) is 0 Å². The molecule has 0 saturated carbocycles. The van der Waals surface area contributed by atoms with E-state index in [1.54, 1.807) is 0 Å². The molecule has 0 bridgehead atoms. The van der Waals surface area contributed by atoms with Gasteiger partial charge in [0.2, 0.25) is 0 Å². The summed E-state index contributed by atoms with van der Waals surface area (Å²) in [5, 5.41) is 1.29. The third-order valence-electron chi connectivity index (χ3n) is 8.68. The minimum atomic E-state index is -0.801. The lowest BCUT2D eigenvalue weighted by Crippen LogP contribution is -2.46. The summed E-state index contributed by atoms with van der Waals surface area (Å²) in [5.41, 5.74) is 7.97. The minimum absolute atomic E-state index is 0.208. The topological polar surface area (TPSA) is 17.8 Å². The maximum Gasteiger partial charge on any atom is 0.130 e. The van der Waals surface area contributed by atoms with Gasteiger partial charge >= 0.3 is 0 Å². The van der Waals surface area contributed by atoms with Crippen LogP contribution in [0.3, 0.4) is 0 Å². The summed E-state index contributed by atoms with van der Waals surface area (Å²) in [6.07, 6.45) is 12.4. The second-order valence-corrected chi connectivity index (χ2v) is 14.0. The van der Waals surface area contributed by atoms with Crippen molar-refractivity contribution >= 4 is 28.1 Å². The molecule has 0 saturated heterocycles. The van der Waals surface area contributed by atoms with E-state index in [9.17, 15) is 0 Å². The third kappa shape index (κ3) is 8.32. The van der Waals surface area contributed by atoms with Gasteiger partial charge in [-0.25, -0.2) is 4.98 Å². The van der Waals surface area contributed by atoms with Gasteiger partial charge in [-0.15, -0.1) is 5.98 Å². The van der Waals surface area contributed by atoms with Gasteiger partial charge < -0.3 is 4.57 Å². The quantitative estimate of drug-likeness (QED) is 0.101. The van der Waals surface area contributed by atoms with Crippen LogP contribution in [-0.4, -0.2) is 26.9 Å². The van der Waals surface area contributed by atoms with Crippen LogP contribution in [0.2, 0.25) is 0 Å². The molecule has 0 aliphatic carbocycles. The zero-order valence-corrected chi connectivity index (χ0v) is 28.7. The van der Waals surface area contributed by atoms with Crippen LogP contribution in [0.5, 0.6) is 0 Å². The molecule has 6 aromatic rings. The predicted molar refractivity (Wildman–Crippen MR) is 202 cm³/mol. The molecule has 0 radical (unpaired) electrons. The molecular weight excluding hydrogens is 571 g/mol. The molecular formula is C42H45BN2Si. The van der Waals surface area contributed by atoms with Crippen LogP contribution in [0.25, 0.3) is 5.57 Å². The first-order valence-electron chi connectivity index (χ1n) is 16.7. The first kappa shape index (κ1) is 32.7. The fraction of sp³-hybridized carbons (Fsp3) is 0.167. The van der Waals surface area contributed by atoms with E-state index < -0.39 is 9.52 Å². The molecule has 0 fully saturated rings. The fourth-order valence-corrected chi connectivity index (χ4v) is 8.81. The van der Waals surface area contributed by atoms with Gasteiger partial charge in [0.25, 0.3) is 0 Å². The smallest absolute Gasteiger partial charge is 0.130 e. The number of rotatable bonds is 12. The second-order valence-electron chi connectivity index (χ2n) is 11.8. The fourth-order valence-electron chi connectivity index (χ4n) is 6.35. The Morgan fingerprint density at radius 1 is 0.696 bits per heavy atom. The third-order valence-corrected chi connectivity index (χ3v) is 11.2. The molecule has 6 rings (SSSR count). The van der Waals surface area contributed by atoms with Crippen molar-refractivity contribution in [1.29, 1.82) is 0 Å². The lowest BCUT2D eigenvalue weighted by molar-refractivity contribution is 0.596. The molecule has 0 aliphatic rings. The monoisotopic (exact) mass is 616 g/mol. The lowest BCUT2D eigenvalue weighted by Gasteiger charge is -2.37. The summed E-state index contributed by atoms with van der Waals surface area (Å²) in [6.45, 7) is 2.27. The van der Waals surface area contributed by atoms with Gasteiger partial charge in [0, 0.05) is 12.4 Å². The van der Waals surface area contributed by atoms with Crippen molar-refractivity contribution in [2.24, 2.45) is 0 Å². The van der Waals surface area contributed by atoms with Crippen LogP contribution in [-0.2, 0) is 11.6 Å². The maximum absolute atomic E-state index is 4.44. The predicted octanol–water partition coefficient (Wildman–Crippen LogP) is 7.96. The molecule has 0 aliphatic heterocycles. The number of benzene rings is 5. The Labute approximate surface area is 279 Å². The molecule has 0 amide bonds. The summed E-state index contributed by atoms with van der Waals surface area (Å²) in [7, 11) is 1.28. The number of unbranched alkanes of at least 4 members (excludes halogenated alkanes) is 3. The Morgan fingerprint density at radius 2 is 1.26 bits per heavy atom. The van der Waals surface area contributed by atoms with Crippen LogP contribution < -0.4 is 5.19 Å². The molecule has 4 heteroatoms. The van der Waals surface area contributed by atoms with E-state index in [4.69, 9.17) is 0 Å². The van der Waals surface area contributed by atoms with Crippen molar-refractivity contribution in [3.05, 3.63) is 198 Å². The summed E-state index contributed by atoms with van der Waals surface area (Å²) in [6, 6.07) is 52.2. The largest absolute Gasteiger partial charge is 0.326 e. The molecule has 2 nitrogen and oxygen atoms in total.